The fourth-order valence-corrected chi connectivity index (χ4v) is 5.54. The second-order valence-corrected chi connectivity index (χ2v) is 9.73. The Morgan fingerprint density at radius 1 is 1.09 bits per heavy atom. The first-order valence-corrected chi connectivity index (χ1v) is 12.4. The lowest BCUT2D eigenvalue weighted by molar-refractivity contribution is -0.116. The molecule has 0 saturated heterocycles. The predicted molar refractivity (Wildman–Crippen MR) is 139 cm³/mol. The smallest absolute Gasteiger partial charge is 0.172 e. The number of hydrogen-bond donors (Lipinski definition) is 3. The van der Waals surface area contributed by atoms with Gasteiger partial charge >= 0.3 is 0 Å². The van der Waals surface area contributed by atoms with Gasteiger partial charge in [-0.2, -0.15) is 0 Å². The zero-order valence-corrected chi connectivity index (χ0v) is 20.9. The van der Waals surface area contributed by atoms with Crippen molar-refractivity contribution < 1.29 is 14.6 Å². The van der Waals surface area contributed by atoms with E-state index in [9.17, 15) is 9.90 Å². The molecule has 0 radical (unpaired) electrons. The zero-order chi connectivity index (χ0) is 23.8. The number of para-hydroxylation sites is 2. The van der Waals surface area contributed by atoms with Gasteiger partial charge < -0.3 is 20.5 Å². The number of anilines is 2. The fraction of sp³-hybridized carbons (Fsp3) is 0.222. The third-order valence-electron chi connectivity index (χ3n) is 6.34. The average molecular weight is 540 g/mol. The number of phenolic OH excluding ortho intramolecular Hbond substituents is 1. The van der Waals surface area contributed by atoms with Crippen molar-refractivity contribution in [3.63, 3.8) is 0 Å². The summed E-state index contributed by atoms with van der Waals surface area (Å²) in [4.78, 5) is 13.7. The summed E-state index contributed by atoms with van der Waals surface area (Å²) in [5.41, 5.74) is 5.19. The predicted octanol–water partition coefficient (Wildman–Crippen LogP) is 7.19. The summed E-state index contributed by atoms with van der Waals surface area (Å²) in [7, 11) is 0. The molecule has 0 spiro atoms. The molecular weight excluding hydrogens is 516 g/mol. The first kappa shape index (κ1) is 22.8. The fourth-order valence-electron chi connectivity index (χ4n) is 4.79. The normalized spacial score (nSPS) is 19.4. The third kappa shape index (κ3) is 4.17. The Labute approximate surface area is 211 Å². The second kappa shape index (κ2) is 9.35. The Kier molecular flexibility index (Phi) is 6.28. The Hall–Kier alpha value is -2.96. The molecule has 2 atom stereocenters. The molecule has 5 nitrogen and oxygen atoms in total. The summed E-state index contributed by atoms with van der Waals surface area (Å²) in [6.45, 7) is 2.28. The van der Waals surface area contributed by atoms with E-state index in [1.165, 1.54) is 0 Å². The van der Waals surface area contributed by atoms with Crippen LogP contribution in [0.3, 0.4) is 0 Å². The zero-order valence-electron chi connectivity index (χ0n) is 18.6. The van der Waals surface area contributed by atoms with E-state index in [0.29, 0.717) is 40.3 Å². The molecule has 34 heavy (non-hydrogen) atoms. The summed E-state index contributed by atoms with van der Waals surface area (Å²) in [5, 5.41) is 18.2. The molecule has 0 aromatic heterocycles. The number of rotatable bonds is 4. The molecule has 0 fully saturated rings. The lowest BCUT2D eigenvalue weighted by Gasteiger charge is -2.30. The van der Waals surface area contributed by atoms with Crippen LogP contribution in [0.4, 0.5) is 11.4 Å². The molecule has 3 N–H and O–H groups in total. The second-order valence-electron chi connectivity index (χ2n) is 8.47. The minimum atomic E-state index is -0.415. The van der Waals surface area contributed by atoms with Gasteiger partial charge in [-0.1, -0.05) is 41.9 Å². The van der Waals surface area contributed by atoms with Crippen molar-refractivity contribution in [2.24, 2.45) is 0 Å². The summed E-state index contributed by atoms with van der Waals surface area (Å²) in [5.74, 6) is 0.467. The first-order valence-electron chi connectivity index (χ1n) is 11.2. The van der Waals surface area contributed by atoms with Crippen molar-refractivity contribution in [1.29, 1.82) is 0 Å². The number of ether oxygens (including phenoxy) is 1. The molecule has 1 heterocycles. The van der Waals surface area contributed by atoms with E-state index in [0.717, 1.165) is 28.2 Å². The van der Waals surface area contributed by atoms with Crippen molar-refractivity contribution in [1.82, 2.24) is 0 Å². The molecule has 174 valence electrons. The molecule has 0 bridgehead atoms. The Morgan fingerprint density at radius 2 is 1.82 bits per heavy atom. The SMILES string of the molecule is CCOc1cc(C2Nc3ccccc3NC3=C2C(=O)CC(c2ccccc2Cl)C3)cc(Br)c1O. The van der Waals surface area contributed by atoms with E-state index in [1.807, 2.05) is 61.5 Å². The average Bonchev–Trinajstić information content (AvgIpc) is 2.99. The highest BCUT2D eigenvalue weighted by Gasteiger charge is 2.37. The molecule has 3 aromatic rings. The van der Waals surface area contributed by atoms with Crippen LogP contribution in [0.1, 0.15) is 42.9 Å². The first-order chi connectivity index (χ1) is 16.5. The number of Topliss-reactive ketones (excluding diaryl/α,β-unsaturated/α-hetero) is 1. The number of halogens is 2. The summed E-state index contributed by atoms with van der Waals surface area (Å²) in [6.07, 6.45) is 1.03. The Bertz CT molecular complexity index is 1310. The molecule has 5 rings (SSSR count). The minimum Gasteiger partial charge on any atom is -0.503 e. The van der Waals surface area contributed by atoms with Crippen molar-refractivity contribution >= 4 is 44.7 Å². The van der Waals surface area contributed by atoms with E-state index >= 15 is 0 Å². The van der Waals surface area contributed by atoms with Crippen LogP contribution in [0.15, 0.2) is 76.4 Å². The van der Waals surface area contributed by atoms with Crippen molar-refractivity contribution in [2.45, 2.75) is 31.7 Å². The van der Waals surface area contributed by atoms with Crippen molar-refractivity contribution in [3.05, 3.63) is 92.6 Å². The molecule has 2 unspecified atom stereocenters. The Morgan fingerprint density at radius 3 is 2.59 bits per heavy atom. The number of benzene rings is 3. The van der Waals surface area contributed by atoms with Gasteiger partial charge in [-0.05, 0) is 76.7 Å². The van der Waals surface area contributed by atoms with E-state index in [4.69, 9.17) is 16.3 Å². The van der Waals surface area contributed by atoms with Crippen LogP contribution in [0.5, 0.6) is 11.5 Å². The van der Waals surface area contributed by atoms with Crippen LogP contribution < -0.4 is 15.4 Å². The molecular formula is C27H24BrClN2O3. The van der Waals surface area contributed by atoms with Gasteiger partial charge in [0.15, 0.2) is 17.3 Å². The van der Waals surface area contributed by atoms with E-state index in [1.54, 1.807) is 6.07 Å². The van der Waals surface area contributed by atoms with E-state index < -0.39 is 6.04 Å². The van der Waals surface area contributed by atoms with Gasteiger partial charge in [-0.3, -0.25) is 4.79 Å². The topological polar surface area (TPSA) is 70.6 Å². The monoisotopic (exact) mass is 538 g/mol. The number of phenols is 1. The largest absolute Gasteiger partial charge is 0.503 e. The molecule has 0 amide bonds. The molecule has 1 aliphatic heterocycles. The van der Waals surface area contributed by atoms with Crippen molar-refractivity contribution in [2.75, 3.05) is 17.2 Å². The van der Waals surface area contributed by atoms with Gasteiger partial charge in [0.1, 0.15) is 0 Å². The Balaban J connectivity index is 1.64. The maximum atomic E-state index is 13.7. The number of aromatic hydroxyl groups is 1. The summed E-state index contributed by atoms with van der Waals surface area (Å²) < 4.78 is 6.18. The molecule has 1 aliphatic carbocycles. The number of hydrogen-bond acceptors (Lipinski definition) is 5. The standard InChI is InChI=1S/C27H24BrClN2O3/c1-2-34-24-14-16(11-18(28)27(24)33)26-25-22(30-20-9-5-6-10-21(20)31-26)12-15(13-23(25)32)17-7-3-4-8-19(17)29/h3-11,14-15,26,30-31,33H,2,12-13H2,1H3. The number of carbonyl (C=O) groups is 1. The third-order valence-corrected chi connectivity index (χ3v) is 7.29. The molecule has 0 saturated carbocycles. The van der Waals surface area contributed by atoms with E-state index in [-0.39, 0.29) is 17.5 Å². The van der Waals surface area contributed by atoms with Crippen LogP contribution in [0, 0.1) is 0 Å². The van der Waals surface area contributed by atoms with Crippen LogP contribution in [0.2, 0.25) is 5.02 Å². The van der Waals surface area contributed by atoms with Crippen LogP contribution in [0.25, 0.3) is 0 Å². The van der Waals surface area contributed by atoms with Gasteiger partial charge in [0, 0.05) is 22.7 Å². The lowest BCUT2D eigenvalue weighted by Crippen LogP contribution is -2.27. The number of ketones is 1. The highest BCUT2D eigenvalue weighted by molar-refractivity contribution is 9.10. The van der Waals surface area contributed by atoms with Crippen LogP contribution >= 0.6 is 27.5 Å². The van der Waals surface area contributed by atoms with Crippen LogP contribution in [-0.2, 0) is 4.79 Å². The lowest BCUT2D eigenvalue weighted by atomic mass is 9.78. The van der Waals surface area contributed by atoms with Crippen LogP contribution in [-0.4, -0.2) is 17.5 Å². The van der Waals surface area contributed by atoms with E-state index in [2.05, 4.69) is 26.6 Å². The summed E-state index contributed by atoms with van der Waals surface area (Å²) >= 11 is 9.94. The van der Waals surface area contributed by atoms with Crippen molar-refractivity contribution in [3.8, 4) is 11.5 Å². The number of fused-ring (bicyclic) bond motifs is 1. The number of allylic oxidation sites excluding steroid dienone is 1. The van der Waals surface area contributed by atoms with Gasteiger partial charge in [-0.25, -0.2) is 0 Å². The summed E-state index contributed by atoms with van der Waals surface area (Å²) in [6, 6.07) is 18.9. The molecule has 3 aromatic carbocycles. The molecule has 2 aliphatic rings. The van der Waals surface area contributed by atoms with Gasteiger partial charge in [0.25, 0.3) is 0 Å². The quantitative estimate of drug-likeness (QED) is 0.327. The minimum absolute atomic E-state index is 0.0103. The maximum Gasteiger partial charge on any atom is 0.172 e. The van der Waals surface area contributed by atoms with Gasteiger partial charge in [0.2, 0.25) is 0 Å². The van der Waals surface area contributed by atoms with Gasteiger partial charge in [-0.15, -0.1) is 0 Å². The number of carbonyl (C=O) groups excluding carboxylic acids is 1. The maximum absolute atomic E-state index is 13.7. The highest BCUT2D eigenvalue weighted by Crippen LogP contribution is 2.47. The molecule has 7 heteroatoms. The van der Waals surface area contributed by atoms with Gasteiger partial charge in [0.05, 0.1) is 28.5 Å². The number of nitrogens with one attached hydrogen (secondary N) is 2. The highest BCUT2D eigenvalue weighted by atomic mass is 79.9.